The molecule has 4 heteroatoms. The molecule has 4 nitrogen and oxygen atoms in total. The quantitative estimate of drug-likeness (QED) is 0.492. The van der Waals surface area contributed by atoms with Crippen LogP contribution in [0, 0.1) is 17.3 Å². The first-order valence-electron chi connectivity index (χ1n) is 11.0. The summed E-state index contributed by atoms with van der Waals surface area (Å²) in [6.07, 6.45) is -0.119. The van der Waals surface area contributed by atoms with Crippen LogP contribution in [0.5, 0.6) is 0 Å². The van der Waals surface area contributed by atoms with Gasteiger partial charge >= 0.3 is 5.97 Å². The average Bonchev–Trinajstić information content (AvgIpc) is 2.76. The van der Waals surface area contributed by atoms with Crippen LogP contribution in [0.4, 0.5) is 5.69 Å². The van der Waals surface area contributed by atoms with E-state index in [1.165, 1.54) is 12.1 Å². The number of aliphatic hydroxyl groups excluding tert-OH is 1. The molecule has 3 aromatic carbocycles. The molecule has 0 bridgehead atoms. The molecule has 0 aliphatic carbocycles. The molecule has 170 valence electrons. The number of anilines is 1. The van der Waals surface area contributed by atoms with Crippen LogP contribution in [0.25, 0.3) is 11.1 Å². The Morgan fingerprint density at radius 1 is 1.00 bits per heavy atom. The average molecular weight is 442 g/mol. The molecule has 0 aromatic heterocycles. The van der Waals surface area contributed by atoms with Crippen LogP contribution in [-0.4, -0.2) is 30.3 Å². The fourth-order valence-electron chi connectivity index (χ4n) is 3.88. The van der Waals surface area contributed by atoms with Gasteiger partial charge in [0.25, 0.3) is 0 Å². The Hall–Kier alpha value is -3.55. The van der Waals surface area contributed by atoms with E-state index < -0.39 is 12.1 Å². The first-order chi connectivity index (χ1) is 15.5. The summed E-state index contributed by atoms with van der Waals surface area (Å²) >= 11 is 0. The molecule has 0 heterocycles. The third-order valence-electron chi connectivity index (χ3n) is 5.26. The Balaban J connectivity index is 2.08. The van der Waals surface area contributed by atoms with E-state index in [4.69, 9.17) is 5.11 Å². The molecular weight excluding hydrogens is 410 g/mol. The maximum Gasteiger partial charge on any atom is 0.335 e. The summed E-state index contributed by atoms with van der Waals surface area (Å²) in [6, 6.07) is 20.6. The standard InChI is InChI=1S/C29H31NO3/c1-29(2,3)19-24-17-23(18-25(27(24)30(4)5)21-9-7-6-8-10-21)26(31)16-13-20-11-14-22(15-12-20)28(32)33/h6-12,14-15,17-18,26,31H,19H2,1-5H3,(H,32,33). The molecule has 0 aliphatic heterocycles. The smallest absolute Gasteiger partial charge is 0.335 e. The topological polar surface area (TPSA) is 60.8 Å². The Morgan fingerprint density at radius 2 is 1.64 bits per heavy atom. The highest BCUT2D eigenvalue weighted by Crippen LogP contribution is 2.38. The molecule has 2 N–H and O–H groups in total. The SMILES string of the molecule is CN(C)c1c(CC(C)(C)C)cc(C(O)C#Cc2ccc(C(=O)O)cc2)cc1-c1ccccc1. The van der Waals surface area contributed by atoms with E-state index in [1.54, 1.807) is 12.1 Å². The van der Waals surface area contributed by atoms with Crippen molar-refractivity contribution in [2.24, 2.45) is 5.41 Å². The zero-order valence-electron chi connectivity index (χ0n) is 19.9. The maximum atomic E-state index is 11.0. The highest BCUT2D eigenvalue weighted by molar-refractivity contribution is 5.87. The van der Waals surface area contributed by atoms with E-state index in [0.717, 1.165) is 34.4 Å². The highest BCUT2D eigenvalue weighted by Gasteiger charge is 2.21. The van der Waals surface area contributed by atoms with E-state index in [1.807, 2.05) is 38.4 Å². The summed E-state index contributed by atoms with van der Waals surface area (Å²) in [5.74, 6) is 4.92. The monoisotopic (exact) mass is 441 g/mol. The van der Waals surface area contributed by atoms with E-state index in [0.29, 0.717) is 5.56 Å². The maximum absolute atomic E-state index is 11.0. The van der Waals surface area contributed by atoms with Gasteiger partial charge in [-0.25, -0.2) is 4.79 Å². The zero-order valence-corrected chi connectivity index (χ0v) is 19.9. The Kier molecular flexibility index (Phi) is 7.26. The van der Waals surface area contributed by atoms with Gasteiger partial charge in [0.1, 0.15) is 6.10 Å². The number of benzene rings is 3. The first-order valence-corrected chi connectivity index (χ1v) is 11.0. The summed E-state index contributed by atoms with van der Waals surface area (Å²) in [4.78, 5) is 13.2. The number of carboxylic acid groups (broad SMARTS) is 1. The van der Waals surface area contributed by atoms with E-state index in [-0.39, 0.29) is 11.0 Å². The molecule has 0 fully saturated rings. The minimum Gasteiger partial charge on any atom is -0.478 e. The van der Waals surface area contributed by atoms with Crippen LogP contribution >= 0.6 is 0 Å². The van der Waals surface area contributed by atoms with Gasteiger partial charge in [0.2, 0.25) is 0 Å². The number of hydrogen-bond acceptors (Lipinski definition) is 3. The lowest BCUT2D eigenvalue weighted by molar-refractivity contribution is 0.0697. The molecule has 0 saturated carbocycles. The Labute approximate surface area is 196 Å². The molecule has 3 rings (SSSR count). The van der Waals surface area contributed by atoms with Crippen LogP contribution in [0.2, 0.25) is 0 Å². The van der Waals surface area contributed by atoms with Crippen molar-refractivity contribution in [3.8, 4) is 23.0 Å². The molecule has 0 spiro atoms. The number of nitrogens with zero attached hydrogens (tertiary/aromatic N) is 1. The molecular formula is C29H31NO3. The minimum absolute atomic E-state index is 0.0693. The second-order valence-corrected chi connectivity index (χ2v) is 9.63. The summed E-state index contributed by atoms with van der Waals surface area (Å²) in [5, 5.41) is 20.0. The molecule has 3 aromatic rings. The van der Waals surface area contributed by atoms with Gasteiger partial charge in [0, 0.05) is 30.9 Å². The first kappa shape index (κ1) is 24.1. The van der Waals surface area contributed by atoms with Gasteiger partial charge in [-0.05, 0) is 58.9 Å². The zero-order chi connectivity index (χ0) is 24.2. The third-order valence-corrected chi connectivity index (χ3v) is 5.26. The van der Waals surface area contributed by atoms with Gasteiger partial charge in [-0.3, -0.25) is 0 Å². The lowest BCUT2D eigenvalue weighted by Crippen LogP contribution is -2.18. The van der Waals surface area contributed by atoms with Crippen LogP contribution < -0.4 is 4.90 Å². The fraction of sp³-hybridized carbons (Fsp3) is 0.276. The summed E-state index contributed by atoms with van der Waals surface area (Å²) < 4.78 is 0. The van der Waals surface area contributed by atoms with Crippen LogP contribution in [0.15, 0.2) is 66.7 Å². The number of aliphatic hydroxyl groups is 1. The molecule has 33 heavy (non-hydrogen) atoms. The number of hydrogen-bond donors (Lipinski definition) is 2. The lowest BCUT2D eigenvalue weighted by Gasteiger charge is -2.27. The molecule has 0 saturated heterocycles. The van der Waals surface area contributed by atoms with Crippen molar-refractivity contribution in [1.82, 2.24) is 0 Å². The van der Waals surface area contributed by atoms with Gasteiger partial charge in [-0.2, -0.15) is 0 Å². The van der Waals surface area contributed by atoms with Gasteiger partial charge in [-0.15, -0.1) is 0 Å². The fourth-order valence-corrected chi connectivity index (χ4v) is 3.88. The van der Waals surface area contributed by atoms with Crippen molar-refractivity contribution in [3.63, 3.8) is 0 Å². The molecule has 0 amide bonds. The summed E-state index contributed by atoms with van der Waals surface area (Å²) in [5.41, 5.74) is 6.13. The van der Waals surface area contributed by atoms with Crippen LogP contribution in [0.3, 0.4) is 0 Å². The normalized spacial score (nSPS) is 11.9. The second kappa shape index (κ2) is 9.94. The van der Waals surface area contributed by atoms with Crippen molar-refractivity contribution < 1.29 is 15.0 Å². The number of carboxylic acids is 1. The summed E-state index contributed by atoms with van der Waals surface area (Å²) in [6.45, 7) is 6.62. The van der Waals surface area contributed by atoms with Crippen molar-refractivity contribution in [1.29, 1.82) is 0 Å². The molecule has 0 aliphatic rings. The van der Waals surface area contributed by atoms with Gasteiger partial charge < -0.3 is 15.1 Å². The molecule has 1 atom stereocenters. The Bertz CT molecular complexity index is 1180. The van der Waals surface area contributed by atoms with E-state index in [9.17, 15) is 9.90 Å². The van der Waals surface area contributed by atoms with Crippen molar-refractivity contribution in [2.45, 2.75) is 33.3 Å². The number of carbonyl (C=O) groups is 1. The minimum atomic E-state index is -0.977. The Morgan fingerprint density at radius 3 is 2.18 bits per heavy atom. The van der Waals surface area contributed by atoms with Crippen molar-refractivity contribution in [2.75, 3.05) is 19.0 Å². The third kappa shape index (κ3) is 6.25. The number of aromatic carboxylic acids is 1. The van der Waals surface area contributed by atoms with E-state index >= 15 is 0 Å². The van der Waals surface area contributed by atoms with Gasteiger partial charge in [0.05, 0.1) is 5.56 Å². The second-order valence-electron chi connectivity index (χ2n) is 9.63. The summed E-state index contributed by atoms with van der Waals surface area (Å²) in [7, 11) is 4.09. The highest BCUT2D eigenvalue weighted by atomic mass is 16.4. The molecule has 1 unspecified atom stereocenters. The van der Waals surface area contributed by atoms with Gasteiger partial charge in [0.15, 0.2) is 0 Å². The van der Waals surface area contributed by atoms with E-state index in [2.05, 4.69) is 55.7 Å². The van der Waals surface area contributed by atoms with Crippen molar-refractivity contribution in [3.05, 3.63) is 89.0 Å². The van der Waals surface area contributed by atoms with Crippen LogP contribution in [0.1, 0.15) is 53.9 Å². The lowest BCUT2D eigenvalue weighted by atomic mass is 9.84. The predicted octanol–water partition coefficient (Wildman–Crippen LogP) is 5.79. The van der Waals surface area contributed by atoms with Crippen LogP contribution in [-0.2, 0) is 6.42 Å². The largest absolute Gasteiger partial charge is 0.478 e. The van der Waals surface area contributed by atoms with Crippen molar-refractivity contribution >= 4 is 11.7 Å². The van der Waals surface area contributed by atoms with Gasteiger partial charge in [-0.1, -0.05) is 69.0 Å². The number of rotatable bonds is 5. The predicted molar refractivity (Wildman–Crippen MR) is 135 cm³/mol. The molecule has 0 radical (unpaired) electrons.